The molecule has 1 aliphatic rings. The smallest absolute Gasteiger partial charge is 0.257 e. The van der Waals surface area contributed by atoms with Crippen molar-refractivity contribution in [1.82, 2.24) is 34.8 Å². The molecule has 0 aromatic carbocycles. The van der Waals surface area contributed by atoms with Gasteiger partial charge in [0.05, 0.1) is 17.9 Å². The summed E-state index contributed by atoms with van der Waals surface area (Å²) in [6, 6.07) is 7.34. The van der Waals surface area contributed by atoms with Gasteiger partial charge in [-0.15, -0.1) is 5.10 Å². The second kappa shape index (κ2) is 8.91. The van der Waals surface area contributed by atoms with Gasteiger partial charge in [-0.1, -0.05) is 5.21 Å². The van der Waals surface area contributed by atoms with E-state index < -0.39 is 0 Å². The normalized spacial score (nSPS) is 14.9. The molecular weight excluding hydrogens is 418 g/mol. The van der Waals surface area contributed by atoms with E-state index >= 15 is 0 Å². The first-order valence-electron chi connectivity index (χ1n) is 10.9. The number of pyridine rings is 3. The summed E-state index contributed by atoms with van der Waals surface area (Å²) in [4.78, 5) is 30.8. The lowest BCUT2D eigenvalue weighted by Gasteiger charge is -2.21. The lowest BCUT2D eigenvalue weighted by molar-refractivity contribution is 0.102. The largest absolute Gasteiger partial charge is 0.355 e. The summed E-state index contributed by atoms with van der Waals surface area (Å²) in [7, 11) is 3.95. The molecule has 1 N–H and O–H groups in total. The molecule has 168 valence electrons. The molecule has 1 fully saturated rings. The Hall–Kier alpha value is -3.92. The Morgan fingerprint density at radius 1 is 1.00 bits per heavy atom. The number of fused-ring (bicyclic) bond motifs is 1. The molecule has 0 radical (unpaired) electrons. The van der Waals surface area contributed by atoms with Crippen LogP contribution in [0, 0.1) is 0 Å². The van der Waals surface area contributed by atoms with Crippen LogP contribution in [0.4, 0.5) is 11.6 Å². The molecule has 0 atom stereocenters. The van der Waals surface area contributed by atoms with Crippen LogP contribution in [0.5, 0.6) is 0 Å². The van der Waals surface area contributed by atoms with Crippen molar-refractivity contribution < 1.29 is 4.79 Å². The molecule has 1 aliphatic heterocycles. The highest BCUT2D eigenvalue weighted by Crippen LogP contribution is 2.22. The fourth-order valence-corrected chi connectivity index (χ4v) is 3.92. The van der Waals surface area contributed by atoms with Crippen LogP contribution >= 0.6 is 0 Å². The van der Waals surface area contributed by atoms with Crippen molar-refractivity contribution in [3.8, 4) is 11.3 Å². The Balaban J connectivity index is 1.35. The van der Waals surface area contributed by atoms with E-state index in [-0.39, 0.29) is 5.91 Å². The SMILES string of the molecule is CN1CCCN(c2cc(C(=O)Nc3cc4cc(-c5cn(C)nn5)cnc4cn3)ccn2)CC1. The summed E-state index contributed by atoms with van der Waals surface area (Å²) >= 11 is 0. The number of anilines is 2. The standard InChI is InChI=1S/C23H25N9O/c1-30-6-3-7-32(9-8-30)22-12-16(4-5-24-22)23(33)27-21-11-17-10-18(13-25-19(17)14-26-21)20-15-31(2)29-28-20/h4-5,10-15H,3,6-9H2,1-2H3,(H,26,27,33). The minimum absolute atomic E-state index is 0.226. The summed E-state index contributed by atoms with van der Waals surface area (Å²) in [5.74, 6) is 1.05. The molecular formula is C23H25N9O. The quantitative estimate of drug-likeness (QED) is 0.512. The number of carbonyl (C=O) groups excluding carboxylic acids is 1. The van der Waals surface area contributed by atoms with Gasteiger partial charge in [0.25, 0.3) is 5.91 Å². The molecule has 0 bridgehead atoms. The number of aryl methyl sites for hydroxylation is 1. The van der Waals surface area contributed by atoms with Crippen molar-refractivity contribution in [2.75, 3.05) is 43.4 Å². The third-order valence-electron chi connectivity index (χ3n) is 5.76. The number of hydrogen-bond donors (Lipinski definition) is 1. The zero-order chi connectivity index (χ0) is 22.8. The number of likely N-dealkylation sites (N-methyl/N-ethyl adjacent to an activating group) is 1. The van der Waals surface area contributed by atoms with Gasteiger partial charge in [0.15, 0.2) is 0 Å². The molecule has 0 saturated carbocycles. The third kappa shape index (κ3) is 4.65. The number of hydrogen-bond acceptors (Lipinski definition) is 8. The van der Waals surface area contributed by atoms with E-state index in [4.69, 9.17) is 0 Å². The first kappa shape index (κ1) is 21.0. The van der Waals surface area contributed by atoms with Gasteiger partial charge in [-0.2, -0.15) is 0 Å². The predicted molar refractivity (Wildman–Crippen MR) is 126 cm³/mol. The molecule has 5 rings (SSSR count). The van der Waals surface area contributed by atoms with Gasteiger partial charge < -0.3 is 15.1 Å². The Labute approximate surface area is 191 Å². The van der Waals surface area contributed by atoms with Crippen LogP contribution in [0.2, 0.25) is 0 Å². The number of carbonyl (C=O) groups is 1. The maximum Gasteiger partial charge on any atom is 0.257 e. The lowest BCUT2D eigenvalue weighted by Crippen LogP contribution is -2.29. The highest BCUT2D eigenvalue weighted by molar-refractivity contribution is 6.04. The van der Waals surface area contributed by atoms with E-state index in [2.05, 4.69) is 47.4 Å². The second-order valence-electron chi connectivity index (χ2n) is 8.26. The van der Waals surface area contributed by atoms with E-state index in [1.807, 2.05) is 31.4 Å². The van der Waals surface area contributed by atoms with E-state index in [1.165, 1.54) is 0 Å². The van der Waals surface area contributed by atoms with Crippen molar-refractivity contribution in [3.05, 3.63) is 54.6 Å². The van der Waals surface area contributed by atoms with Crippen LogP contribution in [-0.4, -0.2) is 74.0 Å². The highest BCUT2D eigenvalue weighted by Gasteiger charge is 2.16. The summed E-state index contributed by atoms with van der Waals surface area (Å²) in [5, 5.41) is 11.9. The third-order valence-corrected chi connectivity index (χ3v) is 5.76. The Morgan fingerprint density at radius 3 is 2.76 bits per heavy atom. The van der Waals surface area contributed by atoms with Crippen molar-refractivity contribution >= 4 is 28.4 Å². The summed E-state index contributed by atoms with van der Waals surface area (Å²) in [5.41, 5.74) is 2.86. The molecule has 4 aromatic rings. The number of aromatic nitrogens is 6. The fraction of sp³-hybridized carbons (Fsp3) is 0.304. The van der Waals surface area contributed by atoms with E-state index in [0.717, 1.165) is 60.6 Å². The van der Waals surface area contributed by atoms with Gasteiger partial charge >= 0.3 is 0 Å². The van der Waals surface area contributed by atoms with Crippen LogP contribution in [-0.2, 0) is 7.05 Å². The Kier molecular flexibility index (Phi) is 5.66. The first-order chi connectivity index (χ1) is 16.0. The molecule has 10 heteroatoms. The minimum Gasteiger partial charge on any atom is -0.355 e. The average molecular weight is 444 g/mol. The molecule has 0 unspecified atom stereocenters. The van der Waals surface area contributed by atoms with Crippen molar-refractivity contribution in [2.24, 2.45) is 7.05 Å². The molecule has 0 aliphatic carbocycles. The van der Waals surface area contributed by atoms with E-state index in [0.29, 0.717) is 11.4 Å². The molecule has 4 aromatic heterocycles. The number of rotatable bonds is 4. The van der Waals surface area contributed by atoms with Crippen molar-refractivity contribution in [3.63, 3.8) is 0 Å². The molecule has 1 saturated heterocycles. The zero-order valence-electron chi connectivity index (χ0n) is 18.6. The molecule has 1 amide bonds. The zero-order valence-corrected chi connectivity index (χ0v) is 18.6. The maximum atomic E-state index is 13.0. The van der Waals surface area contributed by atoms with Crippen LogP contribution in [0.3, 0.4) is 0 Å². The van der Waals surface area contributed by atoms with E-state index in [1.54, 1.807) is 29.3 Å². The molecule has 10 nitrogen and oxygen atoms in total. The topological polar surface area (TPSA) is 105 Å². The predicted octanol–water partition coefficient (Wildman–Crippen LogP) is 2.21. The monoisotopic (exact) mass is 443 g/mol. The maximum absolute atomic E-state index is 13.0. The molecule has 5 heterocycles. The van der Waals surface area contributed by atoms with Gasteiger partial charge in [-0.3, -0.25) is 14.5 Å². The van der Waals surface area contributed by atoms with Crippen LogP contribution in [0.1, 0.15) is 16.8 Å². The van der Waals surface area contributed by atoms with Crippen LogP contribution in [0.25, 0.3) is 22.2 Å². The molecule has 33 heavy (non-hydrogen) atoms. The second-order valence-corrected chi connectivity index (χ2v) is 8.26. The van der Waals surface area contributed by atoms with Gasteiger partial charge in [0, 0.05) is 55.6 Å². The highest BCUT2D eigenvalue weighted by atomic mass is 16.1. The Bertz CT molecular complexity index is 1300. The first-order valence-corrected chi connectivity index (χ1v) is 10.9. The molecule has 0 spiro atoms. The summed E-state index contributed by atoms with van der Waals surface area (Å²) in [6.45, 7) is 3.86. The summed E-state index contributed by atoms with van der Waals surface area (Å²) in [6.07, 6.45) is 7.97. The van der Waals surface area contributed by atoms with Gasteiger partial charge in [0.2, 0.25) is 0 Å². The van der Waals surface area contributed by atoms with Gasteiger partial charge in [-0.25, -0.2) is 9.97 Å². The Morgan fingerprint density at radius 2 is 1.91 bits per heavy atom. The van der Waals surface area contributed by atoms with Crippen molar-refractivity contribution in [1.29, 1.82) is 0 Å². The lowest BCUT2D eigenvalue weighted by atomic mass is 10.1. The average Bonchev–Trinajstić information content (AvgIpc) is 3.15. The van der Waals surface area contributed by atoms with Crippen LogP contribution < -0.4 is 10.2 Å². The number of nitrogens with zero attached hydrogens (tertiary/aromatic N) is 8. The van der Waals surface area contributed by atoms with Crippen LogP contribution in [0.15, 0.2) is 49.1 Å². The summed E-state index contributed by atoms with van der Waals surface area (Å²) < 4.78 is 1.64. The van der Waals surface area contributed by atoms with Gasteiger partial charge in [0.1, 0.15) is 17.3 Å². The number of nitrogens with one attached hydrogen (secondary N) is 1. The van der Waals surface area contributed by atoms with E-state index in [9.17, 15) is 4.79 Å². The minimum atomic E-state index is -0.226. The van der Waals surface area contributed by atoms with Gasteiger partial charge in [-0.05, 0) is 44.3 Å². The fourth-order valence-electron chi connectivity index (χ4n) is 3.92. The number of amides is 1. The van der Waals surface area contributed by atoms with Crippen molar-refractivity contribution in [2.45, 2.75) is 6.42 Å².